The summed E-state index contributed by atoms with van der Waals surface area (Å²) in [6.07, 6.45) is 5.30. The molecule has 24 heavy (non-hydrogen) atoms. The third-order valence-corrected chi connectivity index (χ3v) is 4.54. The maximum Gasteiger partial charge on any atom is 0.231 e. The summed E-state index contributed by atoms with van der Waals surface area (Å²) < 4.78 is 5.67. The van der Waals surface area contributed by atoms with Gasteiger partial charge in [-0.15, -0.1) is 0 Å². The second-order valence-corrected chi connectivity index (χ2v) is 6.50. The fraction of sp³-hybridized carbons (Fsp3) is 0.353. The number of carbonyl (C=O) groups excluding carboxylic acids is 1. The molecule has 0 spiro atoms. The van der Waals surface area contributed by atoms with E-state index in [0.29, 0.717) is 27.8 Å². The van der Waals surface area contributed by atoms with Gasteiger partial charge < -0.3 is 9.64 Å². The average molecular weight is 366 g/mol. The highest BCUT2D eigenvalue weighted by Crippen LogP contribution is 2.24. The van der Waals surface area contributed by atoms with Crippen molar-refractivity contribution in [3.05, 3.63) is 52.3 Å². The Kier molecular flexibility index (Phi) is 5.66. The van der Waals surface area contributed by atoms with Gasteiger partial charge in [0.05, 0.1) is 37.2 Å². The Bertz CT molecular complexity index is 706. The molecule has 2 heterocycles. The smallest absolute Gasteiger partial charge is 0.231 e. The summed E-state index contributed by atoms with van der Waals surface area (Å²) in [6, 6.07) is 6.88. The van der Waals surface area contributed by atoms with Crippen LogP contribution in [0.15, 0.2) is 36.7 Å². The van der Waals surface area contributed by atoms with Crippen LogP contribution in [0.1, 0.15) is 18.4 Å². The zero-order chi connectivity index (χ0) is 16.9. The molecule has 0 bridgehead atoms. The summed E-state index contributed by atoms with van der Waals surface area (Å²) in [5, 5.41) is 8.72. The molecule has 5 nitrogen and oxygen atoms in total. The Morgan fingerprint density at radius 2 is 2.17 bits per heavy atom. The van der Waals surface area contributed by atoms with E-state index < -0.39 is 0 Å². The standard InChI is InChI=1S/C17H17Cl2N3O2/c18-13-3-4-16(19)12(8-13)9-17(23)22(11-15-2-1-7-24-15)14-5-6-20-21-10-14/h3-6,8,10,15H,1-2,7,9,11H2. The van der Waals surface area contributed by atoms with Gasteiger partial charge >= 0.3 is 0 Å². The molecule has 1 aromatic carbocycles. The van der Waals surface area contributed by atoms with Gasteiger partial charge in [0.1, 0.15) is 0 Å². The third-order valence-electron chi connectivity index (χ3n) is 3.94. The maximum absolute atomic E-state index is 12.9. The van der Waals surface area contributed by atoms with E-state index in [9.17, 15) is 4.79 Å². The summed E-state index contributed by atoms with van der Waals surface area (Å²) in [5.41, 5.74) is 1.40. The lowest BCUT2D eigenvalue weighted by molar-refractivity contribution is -0.118. The first-order valence-electron chi connectivity index (χ1n) is 7.76. The Hall–Kier alpha value is -1.69. The molecular weight excluding hydrogens is 349 g/mol. The van der Waals surface area contributed by atoms with Gasteiger partial charge in [-0.05, 0) is 42.7 Å². The molecule has 1 aliphatic heterocycles. The molecule has 126 valence electrons. The maximum atomic E-state index is 12.9. The minimum absolute atomic E-state index is 0.0388. The SMILES string of the molecule is O=C(Cc1cc(Cl)ccc1Cl)N(CC1CCCO1)c1ccnnc1. The number of anilines is 1. The second kappa shape index (κ2) is 7.92. The van der Waals surface area contributed by atoms with Crippen LogP contribution < -0.4 is 4.90 Å². The largest absolute Gasteiger partial charge is 0.376 e. The fourth-order valence-corrected chi connectivity index (χ4v) is 3.10. The van der Waals surface area contributed by atoms with Crippen molar-refractivity contribution >= 4 is 34.8 Å². The molecular formula is C17H17Cl2N3O2. The molecule has 0 radical (unpaired) electrons. The van der Waals surface area contributed by atoms with Crippen LogP contribution in [0.5, 0.6) is 0 Å². The summed E-state index contributed by atoms with van der Waals surface area (Å²) >= 11 is 12.2. The zero-order valence-corrected chi connectivity index (χ0v) is 14.5. The zero-order valence-electron chi connectivity index (χ0n) is 13.0. The Labute approximate surface area is 150 Å². The van der Waals surface area contributed by atoms with E-state index in [1.807, 2.05) is 0 Å². The lowest BCUT2D eigenvalue weighted by Crippen LogP contribution is -2.38. The fourth-order valence-electron chi connectivity index (χ4n) is 2.72. The number of hydrogen-bond donors (Lipinski definition) is 0. The molecule has 1 aliphatic rings. The summed E-state index contributed by atoms with van der Waals surface area (Å²) in [7, 11) is 0. The molecule has 0 aliphatic carbocycles. The van der Waals surface area contributed by atoms with Crippen molar-refractivity contribution in [2.45, 2.75) is 25.4 Å². The Balaban J connectivity index is 1.81. The van der Waals surface area contributed by atoms with Crippen LogP contribution in [0.3, 0.4) is 0 Å². The number of aromatic nitrogens is 2. The predicted molar refractivity (Wildman–Crippen MR) is 93.5 cm³/mol. The number of ether oxygens (including phenoxy) is 1. The second-order valence-electron chi connectivity index (χ2n) is 5.65. The van der Waals surface area contributed by atoms with Crippen LogP contribution in [-0.2, 0) is 16.0 Å². The minimum Gasteiger partial charge on any atom is -0.376 e. The van der Waals surface area contributed by atoms with Crippen molar-refractivity contribution in [3.8, 4) is 0 Å². The monoisotopic (exact) mass is 365 g/mol. The summed E-state index contributed by atoms with van der Waals surface area (Å²) in [6.45, 7) is 1.23. The van der Waals surface area contributed by atoms with E-state index in [-0.39, 0.29) is 18.4 Å². The number of nitrogens with zero attached hydrogens (tertiary/aromatic N) is 3. The first-order valence-corrected chi connectivity index (χ1v) is 8.51. The number of rotatable bonds is 5. The lowest BCUT2D eigenvalue weighted by atomic mass is 10.1. The van der Waals surface area contributed by atoms with E-state index in [4.69, 9.17) is 27.9 Å². The third kappa shape index (κ3) is 4.23. The molecule has 1 saturated heterocycles. The van der Waals surface area contributed by atoms with Crippen molar-refractivity contribution < 1.29 is 9.53 Å². The molecule has 7 heteroatoms. The van der Waals surface area contributed by atoms with Crippen LogP contribution >= 0.6 is 23.2 Å². The Morgan fingerprint density at radius 1 is 1.29 bits per heavy atom. The summed E-state index contributed by atoms with van der Waals surface area (Å²) in [4.78, 5) is 14.6. The average Bonchev–Trinajstić information content (AvgIpc) is 3.10. The molecule has 0 saturated carbocycles. The number of benzene rings is 1. The van der Waals surface area contributed by atoms with Gasteiger partial charge in [0.15, 0.2) is 0 Å². The molecule has 0 N–H and O–H groups in total. The van der Waals surface area contributed by atoms with Crippen LogP contribution in [0.2, 0.25) is 10.0 Å². The highest BCUT2D eigenvalue weighted by molar-refractivity contribution is 6.33. The van der Waals surface area contributed by atoms with Gasteiger partial charge in [-0.1, -0.05) is 23.2 Å². The van der Waals surface area contributed by atoms with Crippen LogP contribution in [-0.4, -0.2) is 35.4 Å². The van der Waals surface area contributed by atoms with E-state index in [1.54, 1.807) is 41.6 Å². The highest BCUT2D eigenvalue weighted by Gasteiger charge is 2.24. The number of amides is 1. The Morgan fingerprint density at radius 3 is 2.88 bits per heavy atom. The first-order chi connectivity index (χ1) is 11.6. The van der Waals surface area contributed by atoms with Crippen molar-refractivity contribution in [2.75, 3.05) is 18.1 Å². The van der Waals surface area contributed by atoms with Gasteiger partial charge in [-0.25, -0.2) is 0 Å². The van der Waals surface area contributed by atoms with Gasteiger partial charge in [-0.2, -0.15) is 10.2 Å². The molecule has 3 rings (SSSR count). The van der Waals surface area contributed by atoms with E-state index in [1.165, 1.54) is 0 Å². The molecule has 1 unspecified atom stereocenters. The lowest BCUT2D eigenvalue weighted by Gasteiger charge is -2.25. The quantitative estimate of drug-likeness (QED) is 0.812. The van der Waals surface area contributed by atoms with Crippen molar-refractivity contribution in [2.24, 2.45) is 0 Å². The van der Waals surface area contributed by atoms with Crippen LogP contribution in [0.4, 0.5) is 5.69 Å². The van der Waals surface area contributed by atoms with Gasteiger partial charge in [0.2, 0.25) is 5.91 Å². The van der Waals surface area contributed by atoms with E-state index >= 15 is 0 Å². The van der Waals surface area contributed by atoms with Crippen LogP contribution in [0, 0.1) is 0 Å². The van der Waals surface area contributed by atoms with Crippen molar-refractivity contribution in [1.29, 1.82) is 0 Å². The molecule has 1 amide bonds. The topological polar surface area (TPSA) is 55.3 Å². The normalized spacial score (nSPS) is 17.0. The first kappa shape index (κ1) is 17.1. The van der Waals surface area contributed by atoms with Crippen LogP contribution in [0.25, 0.3) is 0 Å². The van der Waals surface area contributed by atoms with E-state index in [2.05, 4.69) is 10.2 Å². The predicted octanol–water partition coefficient (Wildman–Crippen LogP) is 3.54. The van der Waals surface area contributed by atoms with Crippen molar-refractivity contribution in [1.82, 2.24) is 10.2 Å². The molecule has 2 aromatic rings. The van der Waals surface area contributed by atoms with Gasteiger partial charge in [-0.3, -0.25) is 4.79 Å². The highest BCUT2D eigenvalue weighted by atomic mass is 35.5. The van der Waals surface area contributed by atoms with Gasteiger partial charge in [0, 0.05) is 16.7 Å². The number of halogens is 2. The van der Waals surface area contributed by atoms with E-state index in [0.717, 1.165) is 19.4 Å². The summed E-state index contributed by atoms with van der Waals surface area (Å²) in [5.74, 6) is -0.0809. The molecule has 1 aromatic heterocycles. The number of carbonyl (C=O) groups is 1. The number of hydrogen-bond acceptors (Lipinski definition) is 4. The van der Waals surface area contributed by atoms with Crippen molar-refractivity contribution in [3.63, 3.8) is 0 Å². The minimum atomic E-state index is -0.0809. The molecule has 1 fully saturated rings. The van der Waals surface area contributed by atoms with Gasteiger partial charge in [0.25, 0.3) is 0 Å². The molecule has 1 atom stereocenters.